The lowest BCUT2D eigenvalue weighted by Crippen LogP contribution is -2.07. The van der Waals surface area contributed by atoms with Crippen molar-refractivity contribution in [1.82, 2.24) is 19.1 Å². The van der Waals surface area contributed by atoms with Gasteiger partial charge in [0.25, 0.3) is 0 Å². The number of hydrogen-bond donors (Lipinski definition) is 1. The third kappa shape index (κ3) is 2.01. The summed E-state index contributed by atoms with van der Waals surface area (Å²) in [5.74, 6) is 0.805. The van der Waals surface area contributed by atoms with Crippen LogP contribution in [0.1, 0.15) is 0 Å². The molecule has 0 aliphatic rings. The van der Waals surface area contributed by atoms with Gasteiger partial charge in [-0.1, -0.05) is 17.7 Å². The molecule has 0 atom stereocenters. The number of hydrogen-bond acceptors (Lipinski definition) is 3. The summed E-state index contributed by atoms with van der Waals surface area (Å²) >= 11 is 6.22. The molecule has 0 saturated carbocycles. The summed E-state index contributed by atoms with van der Waals surface area (Å²) in [4.78, 5) is 8.96. The lowest BCUT2D eigenvalue weighted by atomic mass is 10.3. The highest BCUT2D eigenvalue weighted by molar-refractivity contribution is 6.35. The molecule has 0 unspecified atom stereocenters. The number of nitrogens with two attached hydrogens (primary N) is 1. The van der Waals surface area contributed by atoms with Crippen molar-refractivity contribution in [2.24, 2.45) is 12.8 Å². The third-order valence-corrected chi connectivity index (χ3v) is 3.40. The number of benzene rings is 1. The largest absolute Gasteiger partial charge is 0.335 e. The van der Waals surface area contributed by atoms with Gasteiger partial charge in [0.05, 0.1) is 22.4 Å². The second-order valence-electron chi connectivity index (χ2n) is 4.39. The van der Waals surface area contributed by atoms with Gasteiger partial charge in [0, 0.05) is 26.3 Å². The molecule has 0 fully saturated rings. The van der Waals surface area contributed by atoms with Crippen LogP contribution in [0.3, 0.4) is 0 Å². The summed E-state index contributed by atoms with van der Waals surface area (Å²) in [6.45, 7) is 1.34. The molecule has 0 saturated heterocycles. The Bertz CT molecular complexity index is 728. The molecule has 6 heteroatoms. The fraction of sp³-hybridized carbons (Fsp3) is 0.231. The molecule has 0 bridgehead atoms. The molecule has 5 nitrogen and oxygen atoms in total. The van der Waals surface area contributed by atoms with Crippen LogP contribution in [0.2, 0.25) is 5.02 Å². The van der Waals surface area contributed by atoms with Crippen LogP contribution in [0.5, 0.6) is 0 Å². The summed E-state index contributed by atoms with van der Waals surface area (Å²) in [7, 11) is 1.94. The molecule has 0 amide bonds. The molecule has 2 N–H and O–H groups in total. The number of halogens is 1. The number of imidazole rings is 2. The Morgan fingerprint density at radius 1 is 1.37 bits per heavy atom. The Balaban J connectivity index is 2.14. The van der Waals surface area contributed by atoms with E-state index >= 15 is 0 Å². The van der Waals surface area contributed by atoms with Crippen LogP contribution in [0.15, 0.2) is 30.7 Å². The molecule has 0 spiro atoms. The first-order chi connectivity index (χ1) is 9.20. The fourth-order valence-electron chi connectivity index (χ4n) is 2.20. The van der Waals surface area contributed by atoms with Gasteiger partial charge in [-0.2, -0.15) is 0 Å². The summed E-state index contributed by atoms with van der Waals surface area (Å²) < 4.78 is 3.92. The van der Waals surface area contributed by atoms with E-state index in [0.717, 1.165) is 29.1 Å². The average molecular weight is 276 g/mol. The van der Waals surface area contributed by atoms with E-state index in [2.05, 4.69) is 9.97 Å². The predicted octanol–water partition coefficient (Wildman–Crippen LogP) is 2.05. The molecular formula is C13H14ClN5. The predicted molar refractivity (Wildman–Crippen MR) is 76.0 cm³/mol. The fourth-order valence-corrected chi connectivity index (χ4v) is 2.49. The monoisotopic (exact) mass is 275 g/mol. The normalized spacial score (nSPS) is 11.3. The summed E-state index contributed by atoms with van der Waals surface area (Å²) in [5.41, 5.74) is 8.15. The first-order valence-corrected chi connectivity index (χ1v) is 6.41. The molecule has 1 aromatic carbocycles. The van der Waals surface area contributed by atoms with Crippen LogP contribution in [0, 0.1) is 0 Å². The first-order valence-electron chi connectivity index (χ1n) is 6.04. The molecule has 3 rings (SSSR count). The van der Waals surface area contributed by atoms with Gasteiger partial charge in [0.1, 0.15) is 5.69 Å². The lowest BCUT2D eigenvalue weighted by molar-refractivity contribution is 0.708. The van der Waals surface area contributed by atoms with Crippen LogP contribution < -0.4 is 5.73 Å². The van der Waals surface area contributed by atoms with E-state index in [0.29, 0.717) is 11.6 Å². The molecule has 0 aliphatic heterocycles. The van der Waals surface area contributed by atoms with Crippen molar-refractivity contribution in [1.29, 1.82) is 0 Å². The van der Waals surface area contributed by atoms with E-state index in [1.165, 1.54) is 0 Å². The zero-order valence-electron chi connectivity index (χ0n) is 10.5. The van der Waals surface area contributed by atoms with Gasteiger partial charge in [-0.25, -0.2) is 9.97 Å². The van der Waals surface area contributed by atoms with E-state index < -0.39 is 0 Å². The summed E-state index contributed by atoms with van der Waals surface area (Å²) in [5, 5.41) is 0.695. The van der Waals surface area contributed by atoms with Crippen LogP contribution in [-0.4, -0.2) is 25.6 Å². The van der Waals surface area contributed by atoms with Crippen molar-refractivity contribution < 1.29 is 0 Å². The second kappa shape index (κ2) is 4.68. The highest BCUT2D eigenvalue weighted by Crippen LogP contribution is 2.27. The van der Waals surface area contributed by atoms with Crippen molar-refractivity contribution in [3.05, 3.63) is 35.7 Å². The molecule has 19 heavy (non-hydrogen) atoms. The quantitative estimate of drug-likeness (QED) is 0.796. The van der Waals surface area contributed by atoms with Crippen molar-refractivity contribution in [2.75, 3.05) is 6.54 Å². The molecule has 0 aliphatic carbocycles. The van der Waals surface area contributed by atoms with Crippen molar-refractivity contribution in [2.45, 2.75) is 6.54 Å². The first kappa shape index (κ1) is 12.2. The molecule has 0 radical (unpaired) electrons. The number of nitrogens with zero attached hydrogens (tertiary/aromatic N) is 4. The molecular weight excluding hydrogens is 262 g/mol. The molecule has 3 aromatic rings. The maximum atomic E-state index is 6.22. The second-order valence-corrected chi connectivity index (χ2v) is 4.79. The Morgan fingerprint density at radius 2 is 2.21 bits per heavy atom. The van der Waals surface area contributed by atoms with Crippen LogP contribution in [-0.2, 0) is 13.6 Å². The highest BCUT2D eigenvalue weighted by atomic mass is 35.5. The van der Waals surface area contributed by atoms with Gasteiger partial charge in [-0.05, 0) is 12.1 Å². The van der Waals surface area contributed by atoms with Gasteiger partial charge in [-0.3, -0.25) is 0 Å². The molecule has 2 heterocycles. The van der Waals surface area contributed by atoms with Crippen molar-refractivity contribution >= 4 is 22.6 Å². The molecule has 98 valence electrons. The van der Waals surface area contributed by atoms with Gasteiger partial charge in [0.15, 0.2) is 5.82 Å². The highest BCUT2D eigenvalue weighted by Gasteiger charge is 2.13. The van der Waals surface area contributed by atoms with Gasteiger partial charge < -0.3 is 14.9 Å². The van der Waals surface area contributed by atoms with Gasteiger partial charge in [-0.15, -0.1) is 0 Å². The number of aryl methyl sites for hydroxylation is 1. The van der Waals surface area contributed by atoms with E-state index in [-0.39, 0.29) is 0 Å². The summed E-state index contributed by atoms with van der Waals surface area (Å²) in [6, 6.07) is 5.71. The zero-order chi connectivity index (χ0) is 13.4. The van der Waals surface area contributed by atoms with Crippen LogP contribution >= 0.6 is 11.6 Å². The minimum atomic E-state index is 0.587. The Hall–Kier alpha value is -1.85. The third-order valence-electron chi connectivity index (χ3n) is 3.09. The number of fused-ring (bicyclic) bond motifs is 1. The minimum Gasteiger partial charge on any atom is -0.335 e. The Labute approximate surface area is 115 Å². The van der Waals surface area contributed by atoms with Crippen molar-refractivity contribution in [3.8, 4) is 11.5 Å². The zero-order valence-corrected chi connectivity index (χ0v) is 11.3. The summed E-state index contributed by atoms with van der Waals surface area (Å²) in [6.07, 6.45) is 3.71. The van der Waals surface area contributed by atoms with E-state index in [4.69, 9.17) is 17.3 Å². The standard InChI is InChI=1S/C13H14ClN5/c1-18-12-9(14)3-2-4-10(12)17-13(18)11-7-19(6-5-15)8-16-11/h2-4,7-8H,5-6,15H2,1H3. The maximum absolute atomic E-state index is 6.22. The van der Waals surface area contributed by atoms with Crippen LogP contribution in [0.25, 0.3) is 22.6 Å². The van der Waals surface area contributed by atoms with Gasteiger partial charge >= 0.3 is 0 Å². The Morgan fingerprint density at radius 3 is 2.95 bits per heavy atom. The van der Waals surface area contributed by atoms with E-state index in [1.54, 1.807) is 6.33 Å². The number of rotatable bonds is 3. The number of aromatic nitrogens is 4. The van der Waals surface area contributed by atoms with Crippen LogP contribution in [0.4, 0.5) is 0 Å². The molecule has 2 aromatic heterocycles. The van der Waals surface area contributed by atoms with Gasteiger partial charge in [0.2, 0.25) is 0 Å². The van der Waals surface area contributed by atoms with Crippen molar-refractivity contribution in [3.63, 3.8) is 0 Å². The minimum absolute atomic E-state index is 0.587. The Kier molecular flexibility index (Phi) is 3.00. The smallest absolute Gasteiger partial charge is 0.161 e. The average Bonchev–Trinajstić information content (AvgIpc) is 2.96. The topological polar surface area (TPSA) is 61.7 Å². The van der Waals surface area contributed by atoms with E-state index in [1.807, 2.05) is 40.6 Å². The van der Waals surface area contributed by atoms with E-state index in [9.17, 15) is 0 Å². The lowest BCUT2D eigenvalue weighted by Gasteiger charge is -2.00. The number of para-hydroxylation sites is 1. The SMILES string of the molecule is Cn1c(-c2cn(CCN)cn2)nc2cccc(Cl)c21. The maximum Gasteiger partial charge on any atom is 0.161 e.